The molecule has 1 heterocycles. The third-order valence-corrected chi connectivity index (χ3v) is 4.39. The van der Waals surface area contributed by atoms with Crippen LogP contribution in [0.2, 0.25) is 0 Å². The molecule has 1 aliphatic heterocycles. The van der Waals surface area contributed by atoms with E-state index < -0.39 is 0 Å². The van der Waals surface area contributed by atoms with Crippen LogP contribution in [0.15, 0.2) is 30.3 Å². The van der Waals surface area contributed by atoms with Crippen LogP contribution in [0.3, 0.4) is 0 Å². The first kappa shape index (κ1) is 16.5. The van der Waals surface area contributed by atoms with Crippen LogP contribution in [0.4, 0.5) is 4.39 Å². The summed E-state index contributed by atoms with van der Waals surface area (Å²) in [6, 6.07) is 5.80. The second-order valence-corrected chi connectivity index (χ2v) is 6.27. The van der Waals surface area contributed by atoms with Gasteiger partial charge in [-0.05, 0) is 17.7 Å². The quantitative estimate of drug-likeness (QED) is 0.853. The first-order valence-corrected chi connectivity index (χ1v) is 8.15. The van der Waals surface area contributed by atoms with Gasteiger partial charge in [0.2, 0.25) is 11.8 Å². The predicted molar refractivity (Wildman–Crippen MR) is 86.7 cm³/mol. The fourth-order valence-corrected chi connectivity index (χ4v) is 3.39. The lowest BCUT2D eigenvalue weighted by atomic mass is 10.2. The minimum absolute atomic E-state index is 0.0486. The number of rotatable bonds is 4. The van der Waals surface area contributed by atoms with E-state index in [0.717, 1.165) is 0 Å². The van der Waals surface area contributed by atoms with Crippen LogP contribution in [-0.2, 0) is 9.59 Å². The Balaban J connectivity index is 1.95. The molecule has 0 aromatic heterocycles. The normalized spacial score (nSPS) is 18.0. The molecular formula is C16H19FN2O2S. The molecule has 0 bridgehead atoms. The number of carbonyl (C=O) groups excluding carboxylic acids is 2. The average molecular weight is 322 g/mol. The van der Waals surface area contributed by atoms with Crippen LogP contribution in [0.5, 0.6) is 0 Å². The monoisotopic (exact) mass is 322 g/mol. The Hall–Kier alpha value is -1.82. The largest absolute Gasteiger partial charge is 0.347 e. The molecule has 1 atom stereocenters. The molecule has 1 unspecified atom stereocenters. The third-order valence-electron chi connectivity index (χ3n) is 3.38. The van der Waals surface area contributed by atoms with Crippen LogP contribution >= 0.6 is 11.8 Å². The summed E-state index contributed by atoms with van der Waals surface area (Å²) in [6.07, 6.45) is 3.62. The number of benzene rings is 1. The molecule has 2 amide bonds. The highest BCUT2D eigenvalue weighted by atomic mass is 32.2. The zero-order chi connectivity index (χ0) is 16.1. The molecule has 1 saturated heterocycles. The van der Waals surface area contributed by atoms with Crippen molar-refractivity contribution in [2.45, 2.75) is 12.5 Å². The Labute approximate surface area is 134 Å². The summed E-state index contributed by atoms with van der Waals surface area (Å²) in [6.45, 7) is 0. The summed E-state index contributed by atoms with van der Waals surface area (Å²) >= 11 is 1.58. The zero-order valence-corrected chi connectivity index (χ0v) is 13.5. The number of hydrogen-bond donors (Lipinski definition) is 0. The molecule has 4 nitrogen and oxygen atoms in total. The fraction of sp³-hybridized carbons (Fsp3) is 0.375. The van der Waals surface area contributed by atoms with Gasteiger partial charge < -0.3 is 9.80 Å². The predicted octanol–water partition coefficient (Wildman–Crippen LogP) is 2.22. The molecular weight excluding hydrogens is 303 g/mol. The minimum Gasteiger partial charge on any atom is -0.347 e. The van der Waals surface area contributed by atoms with E-state index in [0.29, 0.717) is 17.2 Å². The number of thioether (sulfide) groups is 1. The molecule has 2 rings (SSSR count). The molecule has 0 aliphatic carbocycles. The Kier molecular flexibility index (Phi) is 5.60. The van der Waals surface area contributed by atoms with Crippen molar-refractivity contribution in [3.63, 3.8) is 0 Å². The highest BCUT2D eigenvalue weighted by Crippen LogP contribution is 2.23. The van der Waals surface area contributed by atoms with Gasteiger partial charge >= 0.3 is 0 Å². The van der Waals surface area contributed by atoms with E-state index in [9.17, 15) is 14.0 Å². The Morgan fingerprint density at radius 2 is 2.23 bits per heavy atom. The molecule has 118 valence electrons. The van der Waals surface area contributed by atoms with E-state index >= 15 is 0 Å². The topological polar surface area (TPSA) is 40.6 Å². The minimum atomic E-state index is -0.380. The number of amides is 2. The molecule has 1 aliphatic rings. The van der Waals surface area contributed by atoms with Crippen molar-refractivity contribution >= 4 is 29.7 Å². The van der Waals surface area contributed by atoms with Crippen molar-refractivity contribution < 1.29 is 14.0 Å². The molecule has 0 spiro atoms. The molecule has 1 fully saturated rings. The van der Waals surface area contributed by atoms with Crippen LogP contribution in [0.25, 0.3) is 6.08 Å². The van der Waals surface area contributed by atoms with Gasteiger partial charge in [-0.25, -0.2) is 4.39 Å². The Bertz CT molecular complexity index is 589. The smallest absolute Gasteiger partial charge is 0.245 e. The van der Waals surface area contributed by atoms with Gasteiger partial charge in [0.15, 0.2) is 0 Å². The lowest BCUT2D eigenvalue weighted by Gasteiger charge is -2.25. The van der Waals surface area contributed by atoms with E-state index in [-0.39, 0.29) is 30.1 Å². The van der Waals surface area contributed by atoms with Gasteiger partial charge in [0.05, 0.1) is 5.88 Å². The summed E-state index contributed by atoms with van der Waals surface area (Å²) in [5.74, 6) is 0.735. The van der Waals surface area contributed by atoms with Gasteiger partial charge in [-0.3, -0.25) is 9.59 Å². The lowest BCUT2D eigenvalue weighted by Crippen LogP contribution is -2.46. The van der Waals surface area contributed by atoms with Crippen molar-refractivity contribution in [3.05, 3.63) is 41.7 Å². The summed E-state index contributed by atoms with van der Waals surface area (Å²) < 4.78 is 13.1. The molecule has 1 aromatic rings. The molecule has 0 radical (unpaired) electrons. The highest BCUT2D eigenvalue weighted by Gasteiger charge is 2.34. The first-order chi connectivity index (χ1) is 10.5. The summed E-state index contributed by atoms with van der Waals surface area (Å²) in [4.78, 5) is 27.4. The molecule has 1 aromatic carbocycles. The molecule has 6 heteroatoms. The van der Waals surface area contributed by atoms with Crippen molar-refractivity contribution in [2.75, 3.05) is 25.7 Å². The van der Waals surface area contributed by atoms with E-state index in [4.69, 9.17) is 0 Å². The number of carbonyl (C=O) groups is 2. The summed E-state index contributed by atoms with van der Waals surface area (Å²) in [7, 11) is 3.38. The van der Waals surface area contributed by atoms with Gasteiger partial charge in [0.1, 0.15) is 11.9 Å². The van der Waals surface area contributed by atoms with Crippen LogP contribution < -0.4 is 0 Å². The second kappa shape index (κ2) is 7.45. The van der Waals surface area contributed by atoms with Gasteiger partial charge in [-0.15, -0.1) is 11.8 Å². The van der Waals surface area contributed by atoms with E-state index in [1.807, 2.05) is 0 Å². The number of hydrogen-bond acceptors (Lipinski definition) is 3. The van der Waals surface area contributed by atoms with E-state index in [1.54, 1.807) is 55.0 Å². The maximum absolute atomic E-state index is 13.1. The van der Waals surface area contributed by atoms with Gasteiger partial charge in [0, 0.05) is 26.3 Å². The van der Waals surface area contributed by atoms with Gasteiger partial charge in [-0.1, -0.05) is 24.3 Å². The SMILES string of the molecule is CN(C)C(=O)C1CSCN1C(=O)CC=Cc1cccc(F)c1. The Morgan fingerprint density at radius 3 is 2.91 bits per heavy atom. The maximum Gasteiger partial charge on any atom is 0.245 e. The van der Waals surface area contributed by atoms with E-state index in [1.165, 1.54) is 17.0 Å². The maximum atomic E-state index is 13.1. The highest BCUT2D eigenvalue weighted by molar-refractivity contribution is 7.99. The fourth-order valence-electron chi connectivity index (χ4n) is 2.21. The molecule has 22 heavy (non-hydrogen) atoms. The standard InChI is InChI=1S/C16H19FN2O2S/c1-18(2)16(21)14-10-22-11-19(14)15(20)8-4-6-12-5-3-7-13(17)9-12/h3-7,9,14H,8,10-11H2,1-2H3. The van der Waals surface area contributed by atoms with Crippen molar-refractivity contribution in [1.82, 2.24) is 9.80 Å². The van der Waals surface area contributed by atoms with Crippen molar-refractivity contribution in [1.29, 1.82) is 0 Å². The first-order valence-electron chi connectivity index (χ1n) is 6.99. The zero-order valence-electron chi connectivity index (χ0n) is 12.7. The van der Waals surface area contributed by atoms with Crippen molar-refractivity contribution in [2.24, 2.45) is 0 Å². The number of nitrogens with zero attached hydrogens (tertiary/aromatic N) is 2. The van der Waals surface area contributed by atoms with Crippen LogP contribution in [-0.4, -0.2) is 53.4 Å². The number of likely N-dealkylation sites (N-methyl/N-ethyl adjacent to an activating group) is 1. The Morgan fingerprint density at radius 1 is 1.45 bits per heavy atom. The van der Waals surface area contributed by atoms with Crippen LogP contribution in [0, 0.1) is 5.82 Å². The van der Waals surface area contributed by atoms with Gasteiger partial charge in [-0.2, -0.15) is 0 Å². The second-order valence-electron chi connectivity index (χ2n) is 5.27. The van der Waals surface area contributed by atoms with E-state index in [2.05, 4.69) is 0 Å². The summed E-state index contributed by atoms with van der Waals surface area (Å²) in [5.41, 5.74) is 0.713. The summed E-state index contributed by atoms with van der Waals surface area (Å²) in [5, 5.41) is 0. The van der Waals surface area contributed by atoms with Crippen molar-refractivity contribution in [3.8, 4) is 0 Å². The molecule has 0 N–H and O–H groups in total. The van der Waals surface area contributed by atoms with Crippen LogP contribution in [0.1, 0.15) is 12.0 Å². The number of halogens is 1. The average Bonchev–Trinajstić information content (AvgIpc) is 2.95. The van der Waals surface area contributed by atoms with Gasteiger partial charge in [0.25, 0.3) is 0 Å². The lowest BCUT2D eigenvalue weighted by molar-refractivity contribution is -0.141. The molecule has 0 saturated carbocycles. The third kappa shape index (κ3) is 4.10.